The highest BCUT2D eigenvalue weighted by Crippen LogP contribution is 2.49. The molecular weight excluding hydrogens is 584 g/mol. The van der Waals surface area contributed by atoms with Crippen LogP contribution in [0.3, 0.4) is 0 Å². The number of hydrogen-bond acceptors (Lipinski definition) is 5. The van der Waals surface area contributed by atoms with Crippen molar-refractivity contribution < 1.29 is 23.2 Å². The van der Waals surface area contributed by atoms with E-state index in [2.05, 4.69) is 0 Å². The molecule has 1 saturated heterocycles. The molecule has 1 atom stereocenters. The number of anilines is 1. The Morgan fingerprint density at radius 1 is 0.932 bits per heavy atom. The predicted octanol–water partition coefficient (Wildman–Crippen LogP) is 4.99. The summed E-state index contributed by atoms with van der Waals surface area (Å²) in [6, 6.07) is 20.5. The van der Waals surface area contributed by atoms with Gasteiger partial charge in [-0.1, -0.05) is 54.1 Å². The Balaban J connectivity index is 1.52. The number of hydrogen-bond donors (Lipinski definition) is 0. The smallest absolute Gasteiger partial charge is 0.242 e. The molecule has 3 aromatic carbocycles. The van der Waals surface area contributed by atoms with Crippen molar-refractivity contribution in [3.8, 4) is 16.9 Å². The summed E-state index contributed by atoms with van der Waals surface area (Å²) in [5, 5.41) is 4.29. The maximum absolute atomic E-state index is 15.4. The Labute approximate surface area is 258 Å². The maximum Gasteiger partial charge on any atom is 0.242 e. The molecule has 1 fully saturated rings. The molecule has 0 N–H and O–H groups in total. The molecule has 0 saturated carbocycles. The molecule has 11 heteroatoms. The number of halogens is 2. The fourth-order valence-corrected chi connectivity index (χ4v) is 6.88. The van der Waals surface area contributed by atoms with Gasteiger partial charge in [-0.15, -0.1) is 11.8 Å². The van der Waals surface area contributed by atoms with Gasteiger partial charge < -0.3 is 9.80 Å². The van der Waals surface area contributed by atoms with Gasteiger partial charge in [-0.3, -0.25) is 19.3 Å². The van der Waals surface area contributed by atoms with Crippen molar-refractivity contribution in [2.45, 2.75) is 19.1 Å². The summed E-state index contributed by atoms with van der Waals surface area (Å²) in [6.45, 7) is 4.77. The highest BCUT2D eigenvalue weighted by atomic mass is 32.2. The monoisotopic (exact) mass is 615 g/mol. The fourth-order valence-electron chi connectivity index (χ4n) is 5.66. The van der Waals surface area contributed by atoms with Crippen LogP contribution in [0.5, 0.6) is 0 Å². The van der Waals surface area contributed by atoms with Crippen LogP contribution in [0.1, 0.15) is 28.9 Å². The van der Waals surface area contributed by atoms with Crippen molar-refractivity contribution in [2.75, 3.05) is 43.4 Å². The average molecular weight is 616 g/mol. The van der Waals surface area contributed by atoms with Crippen LogP contribution in [-0.4, -0.2) is 75.8 Å². The highest BCUT2D eigenvalue weighted by Gasteiger charge is 2.39. The van der Waals surface area contributed by atoms with Gasteiger partial charge in [0.2, 0.25) is 17.7 Å². The number of rotatable bonds is 5. The predicted molar refractivity (Wildman–Crippen MR) is 166 cm³/mol. The van der Waals surface area contributed by atoms with Crippen LogP contribution >= 0.6 is 11.8 Å². The molecular formula is C33H31F2N5O3S. The molecule has 0 aliphatic carbocycles. The van der Waals surface area contributed by atoms with Gasteiger partial charge in [-0.05, 0) is 25.1 Å². The van der Waals surface area contributed by atoms with Gasteiger partial charge in [0.05, 0.1) is 22.4 Å². The van der Waals surface area contributed by atoms with Gasteiger partial charge in [0.25, 0.3) is 0 Å². The first-order valence-corrected chi connectivity index (χ1v) is 15.4. The third kappa shape index (κ3) is 5.71. The number of carbonyl (C=O) groups excluding carboxylic acids is 3. The van der Waals surface area contributed by atoms with Gasteiger partial charge in [-0.25, -0.2) is 13.5 Å². The van der Waals surface area contributed by atoms with Crippen molar-refractivity contribution in [1.82, 2.24) is 19.6 Å². The summed E-state index contributed by atoms with van der Waals surface area (Å²) in [7, 11) is 0. The summed E-state index contributed by atoms with van der Waals surface area (Å²) < 4.78 is 31.1. The minimum absolute atomic E-state index is 0.0380. The average Bonchev–Trinajstić information content (AvgIpc) is 3.35. The SMILES string of the molecule is CC(=O)N1CCN(C(=O)CN2C(=O)CSC(c3ccc(F)cc3F)c3c(-c4ccccc4)nn(-c4ccc(C)cc4)c32)CC1. The Hall–Kier alpha value is -4.51. The lowest BCUT2D eigenvalue weighted by Crippen LogP contribution is -2.53. The standard InChI is InChI=1S/C33H31F2N5O3S/c1-21-8-11-25(12-9-21)40-33-30(31(36-40)23-6-4-3-5-7-23)32(26-13-10-24(34)18-27(26)35)44-20-29(43)39(33)19-28(42)38-16-14-37(15-17-38)22(2)41/h3-13,18,32H,14-17,19-20H2,1-2H3. The van der Waals surface area contributed by atoms with Crippen molar-refractivity contribution >= 4 is 35.3 Å². The molecule has 0 spiro atoms. The molecule has 1 unspecified atom stereocenters. The largest absolute Gasteiger partial charge is 0.339 e. The summed E-state index contributed by atoms with van der Waals surface area (Å²) in [6.07, 6.45) is 0. The first-order valence-electron chi connectivity index (χ1n) is 14.4. The number of aromatic nitrogens is 2. The zero-order chi connectivity index (χ0) is 31.0. The van der Waals surface area contributed by atoms with Gasteiger partial charge in [0, 0.05) is 55.9 Å². The summed E-state index contributed by atoms with van der Waals surface area (Å²) in [5.41, 5.74) is 3.77. The van der Waals surface area contributed by atoms with E-state index in [0.717, 1.165) is 17.2 Å². The molecule has 6 rings (SSSR count). The van der Waals surface area contributed by atoms with Crippen LogP contribution in [-0.2, 0) is 14.4 Å². The minimum Gasteiger partial charge on any atom is -0.339 e. The van der Waals surface area contributed by atoms with Crippen molar-refractivity contribution in [1.29, 1.82) is 0 Å². The zero-order valence-corrected chi connectivity index (χ0v) is 25.2. The lowest BCUT2D eigenvalue weighted by atomic mass is 9.99. The topological polar surface area (TPSA) is 78.8 Å². The summed E-state index contributed by atoms with van der Waals surface area (Å²) in [4.78, 5) is 44.3. The lowest BCUT2D eigenvalue weighted by molar-refractivity contribution is -0.137. The molecule has 8 nitrogen and oxygen atoms in total. The number of amides is 3. The Morgan fingerprint density at radius 3 is 2.27 bits per heavy atom. The first-order chi connectivity index (χ1) is 21.2. The number of benzene rings is 3. The van der Waals surface area contributed by atoms with Crippen LogP contribution in [0.2, 0.25) is 0 Å². The van der Waals surface area contributed by atoms with Crippen LogP contribution in [0.4, 0.5) is 14.6 Å². The second-order valence-electron chi connectivity index (χ2n) is 10.9. The Bertz CT molecular complexity index is 1720. The molecule has 44 heavy (non-hydrogen) atoms. The van der Waals surface area contributed by atoms with E-state index in [1.807, 2.05) is 61.5 Å². The normalized spacial score (nSPS) is 17.0. The van der Waals surface area contributed by atoms with Crippen molar-refractivity contribution in [2.24, 2.45) is 0 Å². The molecule has 3 heterocycles. The lowest BCUT2D eigenvalue weighted by Gasteiger charge is -2.35. The molecule has 0 bridgehead atoms. The van der Waals surface area contributed by atoms with E-state index in [4.69, 9.17) is 5.10 Å². The molecule has 4 aromatic rings. The van der Waals surface area contributed by atoms with Crippen molar-refractivity contribution in [3.63, 3.8) is 0 Å². The third-order valence-corrected chi connectivity index (χ3v) is 9.27. The van der Waals surface area contributed by atoms with Gasteiger partial charge >= 0.3 is 0 Å². The zero-order valence-electron chi connectivity index (χ0n) is 24.4. The fraction of sp³-hybridized carbons (Fsp3) is 0.273. The van der Waals surface area contributed by atoms with Crippen LogP contribution in [0.15, 0.2) is 72.8 Å². The number of nitrogens with zero attached hydrogens (tertiary/aromatic N) is 5. The number of carbonyl (C=O) groups is 3. The second kappa shape index (κ2) is 12.2. The first kappa shape index (κ1) is 29.6. The van der Waals surface area contributed by atoms with E-state index in [0.29, 0.717) is 48.9 Å². The van der Waals surface area contributed by atoms with E-state index < -0.39 is 16.9 Å². The maximum atomic E-state index is 15.4. The van der Waals surface area contributed by atoms with E-state index >= 15 is 4.39 Å². The van der Waals surface area contributed by atoms with Crippen LogP contribution in [0, 0.1) is 18.6 Å². The quantitative estimate of drug-likeness (QED) is 0.316. The number of piperazine rings is 1. The van der Waals surface area contributed by atoms with E-state index in [9.17, 15) is 18.8 Å². The minimum atomic E-state index is -0.726. The van der Waals surface area contributed by atoms with Crippen molar-refractivity contribution in [3.05, 3.63) is 101 Å². The second-order valence-corrected chi connectivity index (χ2v) is 12.0. The molecule has 2 aliphatic rings. The van der Waals surface area contributed by atoms with Crippen LogP contribution in [0.25, 0.3) is 16.9 Å². The molecule has 226 valence electrons. The van der Waals surface area contributed by atoms with E-state index in [-0.39, 0.29) is 35.6 Å². The van der Waals surface area contributed by atoms with E-state index in [1.165, 1.54) is 35.7 Å². The number of thioether (sulfide) groups is 1. The van der Waals surface area contributed by atoms with Gasteiger partial charge in [-0.2, -0.15) is 5.10 Å². The Morgan fingerprint density at radius 2 is 1.61 bits per heavy atom. The number of fused-ring (bicyclic) bond motifs is 1. The highest BCUT2D eigenvalue weighted by molar-refractivity contribution is 8.00. The molecule has 3 amide bonds. The molecule has 1 aromatic heterocycles. The third-order valence-electron chi connectivity index (χ3n) is 8.03. The van der Waals surface area contributed by atoms with Gasteiger partial charge in [0.15, 0.2) is 0 Å². The Kier molecular flexibility index (Phi) is 8.22. The molecule has 0 radical (unpaired) electrons. The molecule has 2 aliphatic heterocycles. The van der Waals surface area contributed by atoms with E-state index in [1.54, 1.807) is 14.5 Å². The summed E-state index contributed by atoms with van der Waals surface area (Å²) >= 11 is 1.22. The number of aryl methyl sites for hydroxylation is 1. The van der Waals surface area contributed by atoms with Gasteiger partial charge in [0.1, 0.15) is 24.0 Å². The summed E-state index contributed by atoms with van der Waals surface area (Å²) in [5.74, 6) is -1.73. The van der Waals surface area contributed by atoms with Crippen LogP contribution < -0.4 is 4.90 Å².